The Hall–Kier alpha value is -1.26. The van der Waals surface area contributed by atoms with E-state index in [2.05, 4.69) is 23.6 Å². The van der Waals surface area contributed by atoms with E-state index in [9.17, 15) is 0 Å². The number of hydrogen-bond acceptors (Lipinski definition) is 4. The van der Waals surface area contributed by atoms with Crippen molar-refractivity contribution in [1.29, 1.82) is 0 Å². The number of nitrogens with two attached hydrogens (primary N) is 1. The third kappa shape index (κ3) is 2.91. The van der Waals surface area contributed by atoms with E-state index in [1.54, 1.807) is 0 Å². The number of para-hydroxylation sites is 1. The molecule has 2 N–H and O–H groups in total. The van der Waals surface area contributed by atoms with E-state index < -0.39 is 0 Å². The number of pyridine rings is 1. The van der Waals surface area contributed by atoms with Gasteiger partial charge in [0.1, 0.15) is 0 Å². The summed E-state index contributed by atoms with van der Waals surface area (Å²) in [6.07, 6.45) is 1.24. The van der Waals surface area contributed by atoms with Gasteiger partial charge in [0.2, 0.25) is 0 Å². The SMILES string of the molecule is CCC1CN(Cc2cc(N)c3ccccc3n2)CCS1. The van der Waals surface area contributed by atoms with Crippen LogP contribution in [0.4, 0.5) is 5.69 Å². The van der Waals surface area contributed by atoms with Gasteiger partial charge in [0.15, 0.2) is 0 Å². The molecule has 0 saturated carbocycles. The molecular formula is C16H21N3S. The van der Waals surface area contributed by atoms with E-state index in [-0.39, 0.29) is 0 Å². The van der Waals surface area contributed by atoms with Crippen molar-refractivity contribution in [2.45, 2.75) is 25.1 Å². The minimum atomic E-state index is 0.765. The molecule has 3 nitrogen and oxygen atoms in total. The lowest BCUT2D eigenvalue weighted by atomic mass is 10.1. The fraction of sp³-hybridized carbons (Fsp3) is 0.438. The summed E-state index contributed by atoms with van der Waals surface area (Å²) < 4.78 is 0. The second-order valence-electron chi connectivity index (χ2n) is 5.36. The Morgan fingerprint density at radius 3 is 3.10 bits per heavy atom. The van der Waals surface area contributed by atoms with Crippen LogP contribution in [-0.2, 0) is 6.54 Å². The van der Waals surface area contributed by atoms with Crippen LogP contribution >= 0.6 is 11.8 Å². The van der Waals surface area contributed by atoms with Crippen LogP contribution in [0.25, 0.3) is 10.9 Å². The van der Waals surface area contributed by atoms with Gasteiger partial charge in [0, 0.05) is 41.7 Å². The van der Waals surface area contributed by atoms with Crippen molar-refractivity contribution in [1.82, 2.24) is 9.88 Å². The maximum absolute atomic E-state index is 6.15. The summed E-state index contributed by atoms with van der Waals surface area (Å²) in [5.41, 5.74) is 9.08. The summed E-state index contributed by atoms with van der Waals surface area (Å²) in [6.45, 7) is 5.49. The Morgan fingerprint density at radius 1 is 1.40 bits per heavy atom. The van der Waals surface area contributed by atoms with Gasteiger partial charge in [-0.1, -0.05) is 25.1 Å². The van der Waals surface area contributed by atoms with Gasteiger partial charge in [0.05, 0.1) is 11.2 Å². The van der Waals surface area contributed by atoms with Crippen LogP contribution in [0.1, 0.15) is 19.0 Å². The molecule has 1 atom stereocenters. The molecule has 1 aliphatic heterocycles. The molecule has 1 aliphatic rings. The van der Waals surface area contributed by atoms with Crippen LogP contribution in [-0.4, -0.2) is 34.0 Å². The molecule has 1 aromatic carbocycles. The fourth-order valence-electron chi connectivity index (χ4n) is 2.74. The van der Waals surface area contributed by atoms with Gasteiger partial charge in [-0.05, 0) is 18.6 Å². The Morgan fingerprint density at radius 2 is 2.25 bits per heavy atom. The van der Waals surface area contributed by atoms with Crippen LogP contribution in [0, 0.1) is 0 Å². The van der Waals surface area contributed by atoms with Crippen molar-refractivity contribution in [3.8, 4) is 0 Å². The van der Waals surface area contributed by atoms with Crippen LogP contribution in [0.2, 0.25) is 0 Å². The number of aromatic nitrogens is 1. The van der Waals surface area contributed by atoms with E-state index in [0.717, 1.165) is 47.2 Å². The van der Waals surface area contributed by atoms with E-state index in [1.165, 1.54) is 12.2 Å². The number of rotatable bonds is 3. The molecule has 106 valence electrons. The molecule has 1 unspecified atom stereocenters. The molecule has 1 fully saturated rings. The van der Waals surface area contributed by atoms with E-state index >= 15 is 0 Å². The quantitative estimate of drug-likeness (QED) is 0.941. The molecule has 2 aromatic rings. The van der Waals surface area contributed by atoms with Gasteiger partial charge >= 0.3 is 0 Å². The predicted molar refractivity (Wildman–Crippen MR) is 88.0 cm³/mol. The van der Waals surface area contributed by atoms with Gasteiger partial charge < -0.3 is 5.73 Å². The first-order valence-electron chi connectivity index (χ1n) is 7.24. The molecule has 0 radical (unpaired) electrons. The van der Waals surface area contributed by atoms with Gasteiger partial charge in [0.25, 0.3) is 0 Å². The molecule has 1 saturated heterocycles. The number of nitrogen functional groups attached to an aromatic ring is 1. The van der Waals surface area contributed by atoms with E-state index in [1.807, 2.05) is 30.3 Å². The van der Waals surface area contributed by atoms with Gasteiger partial charge in [-0.25, -0.2) is 0 Å². The molecule has 0 spiro atoms. The Kier molecular flexibility index (Phi) is 4.13. The lowest BCUT2D eigenvalue weighted by molar-refractivity contribution is 0.270. The number of anilines is 1. The average molecular weight is 287 g/mol. The topological polar surface area (TPSA) is 42.1 Å². The maximum Gasteiger partial charge on any atom is 0.0726 e. The lowest BCUT2D eigenvalue weighted by Gasteiger charge is -2.31. The Balaban J connectivity index is 1.80. The van der Waals surface area contributed by atoms with Crippen molar-refractivity contribution < 1.29 is 0 Å². The Labute approximate surface area is 124 Å². The summed E-state index contributed by atoms with van der Waals surface area (Å²) in [5.74, 6) is 1.22. The monoisotopic (exact) mass is 287 g/mol. The molecule has 0 amide bonds. The van der Waals surface area contributed by atoms with E-state index in [4.69, 9.17) is 10.7 Å². The summed E-state index contributed by atoms with van der Waals surface area (Å²) in [7, 11) is 0. The zero-order valence-corrected chi connectivity index (χ0v) is 12.7. The highest BCUT2D eigenvalue weighted by Gasteiger charge is 2.19. The second-order valence-corrected chi connectivity index (χ2v) is 6.76. The zero-order chi connectivity index (χ0) is 13.9. The van der Waals surface area contributed by atoms with Crippen LogP contribution < -0.4 is 5.73 Å². The van der Waals surface area contributed by atoms with Crippen molar-refractivity contribution >= 4 is 28.4 Å². The van der Waals surface area contributed by atoms with Crippen molar-refractivity contribution in [3.05, 3.63) is 36.0 Å². The summed E-state index contributed by atoms with van der Waals surface area (Å²) in [5, 5.41) is 1.82. The predicted octanol–water partition coefficient (Wildman–Crippen LogP) is 3.14. The third-order valence-corrected chi connectivity index (χ3v) is 5.24. The van der Waals surface area contributed by atoms with Crippen LogP contribution in [0.3, 0.4) is 0 Å². The number of hydrogen-bond donors (Lipinski definition) is 1. The van der Waals surface area contributed by atoms with Crippen molar-refractivity contribution in [3.63, 3.8) is 0 Å². The van der Waals surface area contributed by atoms with Gasteiger partial charge in [-0.15, -0.1) is 0 Å². The molecule has 1 aromatic heterocycles. The molecule has 3 rings (SSSR count). The molecular weight excluding hydrogens is 266 g/mol. The number of thioether (sulfide) groups is 1. The van der Waals surface area contributed by atoms with Gasteiger partial charge in [-0.3, -0.25) is 9.88 Å². The highest BCUT2D eigenvalue weighted by Crippen LogP contribution is 2.24. The zero-order valence-electron chi connectivity index (χ0n) is 11.9. The number of fused-ring (bicyclic) bond motifs is 1. The highest BCUT2D eigenvalue weighted by atomic mass is 32.2. The third-order valence-electron chi connectivity index (χ3n) is 3.87. The summed E-state index contributed by atoms with van der Waals surface area (Å²) in [4.78, 5) is 7.25. The summed E-state index contributed by atoms with van der Waals surface area (Å²) >= 11 is 2.10. The van der Waals surface area contributed by atoms with Crippen molar-refractivity contribution in [2.24, 2.45) is 0 Å². The average Bonchev–Trinajstić information content (AvgIpc) is 2.47. The molecule has 4 heteroatoms. The van der Waals surface area contributed by atoms with E-state index in [0.29, 0.717) is 0 Å². The number of benzene rings is 1. The second kappa shape index (κ2) is 6.02. The lowest BCUT2D eigenvalue weighted by Crippen LogP contribution is -2.37. The largest absolute Gasteiger partial charge is 0.398 e. The smallest absolute Gasteiger partial charge is 0.0726 e. The first-order chi connectivity index (χ1) is 9.76. The molecule has 0 aliphatic carbocycles. The number of nitrogens with zero attached hydrogens (tertiary/aromatic N) is 2. The minimum Gasteiger partial charge on any atom is -0.398 e. The van der Waals surface area contributed by atoms with Crippen LogP contribution in [0.5, 0.6) is 0 Å². The van der Waals surface area contributed by atoms with Crippen LogP contribution in [0.15, 0.2) is 30.3 Å². The fourth-order valence-corrected chi connectivity index (χ4v) is 3.99. The standard InChI is InChI=1S/C16H21N3S/c1-2-13-11-19(7-8-20-13)10-12-9-15(17)14-5-3-4-6-16(14)18-12/h3-6,9,13H,2,7-8,10-11H2,1H3,(H2,17,18). The maximum atomic E-state index is 6.15. The molecule has 20 heavy (non-hydrogen) atoms. The first kappa shape index (κ1) is 13.7. The summed E-state index contributed by atoms with van der Waals surface area (Å²) in [6, 6.07) is 10.1. The normalized spacial score (nSPS) is 20.4. The highest BCUT2D eigenvalue weighted by molar-refractivity contribution is 8.00. The minimum absolute atomic E-state index is 0.765. The molecule has 2 heterocycles. The van der Waals surface area contributed by atoms with Gasteiger partial charge in [-0.2, -0.15) is 11.8 Å². The first-order valence-corrected chi connectivity index (χ1v) is 8.29. The molecule has 0 bridgehead atoms. The van der Waals surface area contributed by atoms with Crippen molar-refractivity contribution in [2.75, 3.05) is 24.6 Å². The Bertz CT molecular complexity index is 599.